The van der Waals surface area contributed by atoms with Gasteiger partial charge in [-0.25, -0.2) is 4.98 Å². The molecule has 2 saturated heterocycles. The van der Waals surface area contributed by atoms with E-state index in [1.54, 1.807) is 0 Å². The van der Waals surface area contributed by atoms with E-state index in [9.17, 15) is 13.2 Å². The minimum absolute atomic E-state index is 0.0834. The van der Waals surface area contributed by atoms with Crippen LogP contribution in [0.3, 0.4) is 0 Å². The van der Waals surface area contributed by atoms with E-state index >= 15 is 0 Å². The number of hydrogen-bond acceptors (Lipinski definition) is 5. The van der Waals surface area contributed by atoms with Crippen molar-refractivity contribution in [1.29, 1.82) is 0 Å². The van der Waals surface area contributed by atoms with Gasteiger partial charge in [-0.3, -0.25) is 0 Å². The number of nitrogens with zero attached hydrogens (tertiary/aromatic N) is 2. The Balaban J connectivity index is 1.30. The summed E-state index contributed by atoms with van der Waals surface area (Å²) < 4.78 is 39.9. The zero-order valence-electron chi connectivity index (χ0n) is 15.2. The van der Waals surface area contributed by atoms with Gasteiger partial charge in [0.25, 0.3) is 0 Å². The first-order valence-corrected chi connectivity index (χ1v) is 10.2. The zero-order chi connectivity index (χ0) is 18.6. The lowest BCUT2D eigenvalue weighted by Gasteiger charge is -2.38. The molecule has 148 valence electrons. The first kappa shape index (κ1) is 17.5. The van der Waals surface area contributed by atoms with Gasteiger partial charge in [0.15, 0.2) is 0 Å². The van der Waals surface area contributed by atoms with Gasteiger partial charge in [-0.15, -0.1) is 0 Å². The molecule has 4 fully saturated rings. The van der Waals surface area contributed by atoms with Gasteiger partial charge in [0.05, 0.1) is 0 Å². The van der Waals surface area contributed by atoms with Crippen molar-refractivity contribution < 1.29 is 13.2 Å². The van der Waals surface area contributed by atoms with Crippen LogP contribution in [0.15, 0.2) is 6.20 Å². The lowest BCUT2D eigenvalue weighted by molar-refractivity contribution is -0.137. The maximum atomic E-state index is 13.3. The summed E-state index contributed by atoms with van der Waals surface area (Å²) in [6.45, 7) is 0. The normalized spacial score (nSPS) is 35.6. The molecule has 1 aromatic heterocycles. The Hall–Kier alpha value is -1.57. The number of halogens is 3. The molecule has 0 radical (unpaired) electrons. The van der Waals surface area contributed by atoms with Crippen LogP contribution in [0.1, 0.15) is 56.9 Å². The third kappa shape index (κ3) is 3.26. The fraction of sp³-hybridized carbons (Fsp3) is 0.789. The van der Waals surface area contributed by atoms with E-state index in [0.29, 0.717) is 23.9 Å². The molecule has 4 aliphatic rings. The number of rotatable bonds is 4. The van der Waals surface area contributed by atoms with Crippen molar-refractivity contribution in [3.05, 3.63) is 11.8 Å². The van der Waals surface area contributed by atoms with Crippen LogP contribution < -0.4 is 16.0 Å². The number of hydrogen-bond donors (Lipinski definition) is 3. The highest BCUT2D eigenvalue weighted by atomic mass is 19.4. The van der Waals surface area contributed by atoms with Gasteiger partial charge in [-0.05, 0) is 63.2 Å². The van der Waals surface area contributed by atoms with Crippen molar-refractivity contribution in [2.75, 3.05) is 10.6 Å². The van der Waals surface area contributed by atoms with Gasteiger partial charge in [0.2, 0.25) is 5.95 Å². The Morgan fingerprint density at radius 2 is 1.70 bits per heavy atom. The highest BCUT2D eigenvalue weighted by molar-refractivity contribution is 5.50. The Bertz CT molecular complexity index is 705. The number of alkyl halides is 3. The van der Waals surface area contributed by atoms with Crippen LogP contribution in [-0.4, -0.2) is 34.1 Å². The molecule has 3 unspecified atom stereocenters. The van der Waals surface area contributed by atoms with Crippen molar-refractivity contribution in [1.82, 2.24) is 15.3 Å². The van der Waals surface area contributed by atoms with Gasteiger partial charge in [0.1, 0.15) is 11.4 Å². The summed E-state index contributed by atoms with van der Waals surface area (Å²) in [5.74, 6) is 1.67. The molecule has 0 spiro atoms. The van der Waals surface area contributed by atoms with Crippen LogP contribution in [0.4, 0.5) is 24.9 Å². The summed E-state index contributed by atoms with van der Waals surface area (Å²) in [6, 6.07) is 1.63. The topological polar surface area (TPSA) is 61.9 Å². The average molecular weight is 381 g/mol. The van der Waals surface area contributed by atoms with Crippen LogP contribution in [0, 0.1) is 11.8 Å². The molecule has 2 aliphatic heterocycles. The first-order chi connectivity index (χ1) is 13.0. The molecule has 3 N–H and O–H groups in total. The molecule has 2 bridgehead atoms. The van der Waals surface area contributed by atoms with Crippen molar-refractivity contribution in [2.45, 2.75) is 81.7 Å². The van der Waals surface area contributed by atoms with Crippen LogP contribution in [0.2, 0.25) is 0 Å². The molecule has 5 nitrogen and oxygen atoms in total. The van der Waals surface area contributed by atoms with E-state index in [2.05, 4.69) is 25.9 Å². The monoisotopic (exact) mass is 381 g/mol. The van der Waals surface area contributed by atoms with E-state index < -0.39 is 11.7 Å². The molecular weight excluding hydrogens is 355 g/mol. The van der Waals surface area contributed by atoms with Crippen LogP contribution >= 0.6 is 0 Å². The molecule has 27 heavy (non-hydrogen) atoms. The second-order valence-corrected chi connectivity index (χ2v) is 8.66. The quantitative estimate of drug-likeness (QED) is 0.741. The molecule has 0 amide bonds. The third-order valence-electron chi connectivity index (χ3n) is 7.08. The smallest absolute Gasteiger partial charge is 0.367 e. The highest BCUT2D eigenvalue weighted by Gasteiger charge is 2.49. The summed E-state index contributed by atoms with van der Waals surface area (Å²) in [5.41, 5.74) is -0.777. The maximum Gasteiger partial charge on any atom is 0.421 e. The van der Waals surface area contributed by atoms with E-state index in [0.717, 1.165) is 44.2 Å². The van der Waals surface area contributed by atoms with Crippen molar-refractivity contribution >= 4 is 11.8 Å². The summed E-state index contributed by atoms with van der Waals surface area (Å²) in [6.07, 6.45) is 5.11. The molecule has 1 aromatic rings. The minimum atomic E-state index is -4.45. The van der Waals surface area contributed by atoms with Gasteiger partial charge in [0, 0.05) is 30.4 Å². The molecular formula is C19H26F3N5. The molecule has 8 heteroatoms. The minimum Gasteiger partial charge on any atom is -0.367 e. The number of fused-ring (bicyclic) bond motifs is 5. The summed E-state index contributed by atoms with van der Waals surface area (Å²) >= 11 is 0. The lowest BCUT2D eigenvalue weighted by Crippen LogP contribution is -2.38. The van der Waals surface area contributed by atoms with E-state index in [4.69, 9.17) is 0 Å². The van der Waals surface area contributed by atoms with Gasteiger partial charge < -0.3 is 16.0 Å². The zero-order valence-corrected chi connectivity index (χ0v) is 15.2. The maximum absolute atomic E-state index is 13.3. The van der Waals surface area contributed by atoms with Crippen LogP contribution in [0.5, 0.6) is 0 Å². The van der Waals surface area contributed by atoms with Crippen molar-refractivity contribution in [3.63, 3.8) is 0 Å². The summed E-state index contributed by atoms with van der Waals surface area (Å²) in [7, 11) is 0. The summed E-state index contributed by atoms with van der Waals surface area (Å²) in [4.78, 5) is 8.21. The molecule has 2 aliphatic carbocycles. The lowest BCUT2D eigenvalue weighted by atomic mass is 9.69. The first-order valence-electron chi connectivity index (χ1n) is 10.2. The standard InChI is InChI=1S/C19H26F3N5/c20-19(21,22)14-9-23-18(27-17(14)24-10-2-1-3-10)25-11-4-5-12-13(8-11)16-7-6-15(12)26-16/h9-13,15-16,26H,1-8H2,(H2,23,24,25,27)/t11?,12?,13?,15-,16+/m0/s1. The number of nitrogens with one attached hydrogen (secondary N) is 3. The SMILES string of the molecule is FC(F)(F)c1cnc(NC2CCC3C(C2)[C@H]2CC[C@@H]3N2)nc1NC1CCC1. The molecule has 2 saturated carbocycles. The van der Waals surface area contributed by atoms with Crippen LogP contribution in [-0.2, 0) is 6.18 Å². The Morgan fingerprint density at radius 1 is 0.926 bits per heavy atom. The summed E-state index contributed by atoms with van der Waals surface area (Å²) in [5, 5.41) is 10.0. The van der Waals surface area contributed by atoms with E-state index in [1.807, 2.05) is 0 Å². The average Bonchev–Trinajstić information content (AvgIpc) is 3.19. The van der Waals surface area contributed by atoms with E-state index in [-0.39, 0.29) is 17.9 Å². The number of aromatic nitrogens is 2. The largest absolute Gasteiger partial charge is 0.421 e. The second kappa shape index (κ2) is 6.50. The molecule has 5 atom stereocenters. The Morgan fingerprint density at radius 3 is 2.41 bits per heavy atom. The predicted octanol–water partition coefficient (Wildman–Crippen LogP) is 3.79. The molecule has 5 rings (SSSR count). The molecule has 0 aromatic carbocycles. The van der Waals surface area contributed by atoms with Crippen LogP contribution in [0.25, 0.3) is 0 Å². The fourth-order valence-corrected chi connectivity index (χ4v) is 5.50. The second-order valence-electron chi connectivity index (χ2n) is 8.66. The third-order valence-corrected chi connectivity index (χ3v) is 7.08. The van der Waals surface area contributed by atoms with Crippen molar-refractivity contribution in [3.8, 4) is 0 Å². The van der Waals surface area contributed by atoms with Gasteiger partial charge in [-0.1, -0.05) is 0 Å². The Labute approximate surface area is 156 Å². The van der Waals surface area contributed by atoms with Crippen molar-refractivity contribution in [2.24, 2.45) is 11.8 Å². The van der Waals surface area contributed by atoms with Gasteiger partial charge in [-0.2, -0.15) is 18.2 Å². The number of anilines is 2. The Kier molecular flexibility index (Phi) is 4.22. The fourth-order valence-electron chi connectivity index (χ4n) is 5.50. The predicted molar refractivity (Wildman–Crippen MR) is 96.5 cm³/mol. The highest BCUT2D eigenvalue weighted by Crippen LogP contribution is 2.46. The van der Waals surface area contributed by atoms with Gasteiger partial charge >= 0.3 is 6.18 Å². The van der Waals surface area contributed by atoms with E-state index in [1.165, 1.54) is 19.3 Å². The molecule has 3 heterocycles.